The van der Waals surface area contributed by atoms with Gasteiger partial charge in [-0.2, -0.15) is 0 Å². The summed E-state index contributed by atoms with van der Waals surface area (Å²) in [6, 6.07) is 1.82. The van der Waals surface area contributed by atoms with E-state index >= 15 is 0 Å². The molecule has 21 heavy (non-hydrogen) atoms. The predicted molar refractivity (Wildman–Crippen MR) is 81.2 cm³/mol. The minimum atomic E-state index is -0.115. The first-order chi connectivity index (χ1) is 10.1. The lowest BCUT2D eigenvalue weighted by atomic mass is 10.2. The fraction of sp³-hybridized carbons (Fsp3) is 0.467. The van der Waals surface area contributed by atoms with Gasteiger partial charge in [-0.15, -0.1) is 11.3 Å². The number of hydrogen-bond acceptors (Lipinski definition) is 4. The molecule has 1 aromatic rings. The van der Waals surface area contributed by atoms with E-state index in [1.807, 2.05) is 13.0 Å². The van der Waals surface area contributed by atoms with Gasteiger partial charge in [0.25, 0.3) is 5.91 Å². The summed E-state index contributed by atoms with van der Waals surface area (Å²) < 4.78 is 0. The summed E-state index contributed by atoms with van der Waals surface area (Å²) in [5.41, 5.74) is 0.952. The van der Waals surface area contributed by atoms with E-state index in [2.05, 4.69) is 17.2 Å². The number of aliphatic hydroxyl groups excluding tert-OH is 1. The molecule has 1 saturated heterocycles. The number of carbonyl (C=O) groups excluding carboxylic acids is 2. The number of hydrogen-bond donors (Lipinski definition) is 2. The molecule has 1 aliphatic heterocycles. The molecule has 0 aromatic carbocycles. The molecule has 2 N–H and O–H groups in total. The van der Waals surface area contributed by atoms with E-state index in [0.29, 0.717) is 24.4 Å². The lowest BCUT2D eigenvalue weighted by Crippen LogP contribution is -2.37. The van der Waals surface area contributed by atoms with Crippen LogP contribution in [0.3, 0.4) is 0 Å². The molecule has 0 saturated carbocycles. The van der Waals surface area contributed by atoms with Crippen molar-refractivity contribution in [3.63, 3.8) is 0 Å². The van der Waals surface area contributed by atoms with Gasteiger partial charge in [0.1, 0.15) is 0 Å². The van der Waals surface area contributed by atoms with E-state index in [1.54, 1.807) is 4.90 Å². The molecular weight excluding hydrogens is 288 g/mol. The van der Waals surface area contributed by atoms with E-state index in [4.69, 9.17) is 5.11 Å². The summed E-state index contributed by atoms with van der Waals surface area (Å²) in [5, 5.41) is 11.5. The van der Waals surface area contributed by atoms with E-state index in [-0.39, 0.29) is 25.0 Å². The zero-order chi connectivity index (χ0) is 15.2. The van der Waals surface area contributed by atoms with Gasteiger partial charge >= 0.3 is 0 Å². The number of nitrogens with one attached hydrogen (secondary N) is 1. The molecular formula is C15H18N2O3S. The van der Waals surface area contributed by atoms with E-state index in [0.717, 1.165) is 16.9 Å². The van der Waals surface area contributed by atoms with Crippen molar-refractivity contribution in [3.05, 3.63) is 21.4 Å². The standard InChI is InChI=1S/C15H18N2O3S/c1-11-9-13(21-12(11)5-2-3-8-18)15(20)17-7-4-6-16-14(19)10-17/h9,18H,3-4,6-8,10H2,1H3,(H,16,19). The van der Waals surface area contributed by atoms with Gasteiger partial charge in [0.05, 0.1) is 22.9 Å². The van der Waals surface area contributed by atoms with Crippen LogP contribution in [0, 0.1) is 18.8 Å². The predicted octanol–water partition coefficient (Wildman–Crippen LogP) is 0.753. The van der Waals surface area contributed by atoms with E-state index in [1.165, 1.54) is 11.3 Å². The number of nitrogens with zero attached hydrogens (tertiary/aromatic N) is 1. The molecule has 2 heterocycles. The van der Waals surface area contributed by atoms with Crippen LogP contribution in [0.25, 0.3) is 0 Å². The largest absolute Gasteiger partial charge is 0.395 e. The van der Waals surface area contributed by atoms with Gasteiger partial charge in [0, 0.05) is 19.5 Å². The molecule has 0 atom stereocenters. The molecule has 2 amide bonds. The molecule has 0 unspecified atom stereocenters. The average Bonchev–Trinajstić information content (AvgIpc) is 2.69. The van der Waals surface area contributed by atoms with Crippen LogP contribution in [-0.4, -0.2) is 48.1 Å². The lowest BCUT2D eigenvalue weighted by molar-refractivity contribution is -0.121. The van der Waals surface area contributed by atoms with Gasteiger partial charge in [-0.25, -0.2) is 0 Å². The van der Waals surface area contributed by atoms with E-state index < -0.39 is 0 Å². The molecule has 1 fully saturated rings. The van der Waals surface area contributed by atoms with Crippen molar-refractivity contribution < 1.29 is 14.7 Å². The second kappa shape index (κ2) is 7.25. The number of carbonyl (C=O) groups is 2. The Morgan fingerprint density at radius 1 is 1.57 bits per heavy atom. The topological polar surface area (TPSA) is 69.6 Å². The first-order valence-electron chi connectivity index (χ1n) is 6.88. The first-order valence-corrected chi connectivity index (χ1v) is 7.69. The summed E-state index contributed by atoms with van der Waals surface area (Å²) in [5.74, 6) is 5.60. The Kier molecular flexibility index (Phi) is 5.37. The highest BCUT2D eigenvalue weighted by Crippen LogP contribution is 2.22. The molecule has 1 aliphatic rings. The number of aryl methyl sites for hydroxylation is 1. The molecule has 112 valence electrons. The van der Waals surface area contributed by atoms with Gasteiger partial charge in [-0.3, -0.25) is 9.59 Å². The van der Waals surface area contributed by atoms with Gasteiger partial charge in [-0.05, 0) is 25.0 Å². The summed E-state index contributed by atoms with van der Waals surface area (Å²) in [6.07, 6.45) is 1.19. The summed E-state index contributed by atoms with van der Waals surface area (Å²) in [4.78, 5) is 27.0. The Morgan fingerprint density at radius 3 is 3.14 bits per heavy atom. The maximum atomic E-state index is 12.5. The number of amides is 2. The number of thiophene rings is 1. The Bertz CT molecular complexity index is 598. The Hall–Kier alpha value is -1.84. The average molecular weight is 306 g/mol. The fourth-order valence-corrected chi connectivity index (χ4v) is 3.06. The van der Waals surface area contributed by atoms with E-state index in [9.17, 15) is 9.59 Å². The molecule has 0 spiro atoms. The molecule has 0 aliphatic carbocycles. The fourth-order valence-electron chi connectivity index (χ4n) is 2.05. The highest BCUT2D eigenvalue weighted by molar-refractivity contribution is 7.14. The highest BCUT2D eigenvalue weighted by Gasteiger charge is 2.22. The van der Waals surface area contributed by atoms with Crippen LogP contribution >= 0.6 is 11.3 Å². The summed E-state index contributed by atoms with van der Waals surface area (Å²) >= 11 is 1.34. The molecule has 0 bridgehead atoms. The Labute approximate surface area is 128 Å². The van der Waals surface area contributed by atoms with Crippen molar-refractivity contribution in [3.8, 4) is 11.8 Å². The molecule has 5 nitrogen and oxygen atoms in total. The third kappa shape index (κ3) is 4.06. The van der Waals surface area contributed by atoms with Crippen LogP contribution < -0.4 is 5.32 Å². The summed E-state index contributed by atoms with van der Waals surface area (Å²) in [7, 11) is 0. The van der Waals surface area contributed by atoms with Gasteiger partial charge in [0.2, 0.25) is 5.91 Å². The smallest absolute Gasteiger partial charge is 0.264 e. The zero-order valence-electron chi connectivity index (χ0n) is 11.9. The SMILES string of the molecule is Cc1cc(C(=O)N2CCCNC(=O)C2)sc1C#CCCO. The Balaban J connectivity index is 2.14. The van der Waals surface area contributed by atoms with Gasteiger partial charge in [0.15, 0.2) is 0 Å². The molecule has 2 rings (SSSR count). The molecule has 1 aromatic heterocycles. The van der Waals surface area contributed by atoms with Crippen molar-refractivity contribution in [1.82, 2.24) is 10.2 Å². The highest BCUT2D eigenvalue weighted by atomic mass is 32.1. The minimum Gasteiger partial charge on any atom is -0.395 e. The van der Waals surface area contributed by atoms with Gasteiger partial charge in [-0.1, -0.05) is 11.8 Å². The zero-order valence-corrected chi connectivity index (χ0v) is 12.8. The van der Waals surface area contributed by atoms with Crippen LogP contribution in [0.5, 0.6) is 0 Å². The Morgan fingerprint density at radius 2 is 2.38 bits per heavy atom. The van der Waals surface area contributed by atoms with Crippen LogP contribution in [-0.2, 0) is 4.79 Å². The molecule has 6 heteroatoms. The van der Waals surface area contributed by atoms with Crippen molar-refractivity contribution >= 4 is 23.2 Å². The maximum Gasteiger partial charge on any atom is 0.264 e. The molecule has 0 radical (unpaired) electrons. The van der Waals surface area contributed by atoms with Crippen LogP contribution in [0.4, 0.5) is 0 Å². The van der Waals surface area contributed by atoms with Crippen molar-refractivity contribution in [1.29, 1.82) is 0 Å². The minimum absolute atomic E-state index is 0.0338. The third-order valence-electron chi connectivity index (χ3n) is 3.12. The first kappa shape index (κ1) is 15.5. The van der Waals surface area contributed by atoms with Crippen molar-refractivity contribution in [2.75, 3.05) is 26.2 Å². The summed E-state index contributed by atoms with van der Waals surface area (Å²) in [6.45, 7) is 3.25. The monoisotopic (exact) mass is 306 g/mol. The van der Waals surface area contributed by atoms with Crippen LogP contribution in [0.15, 0.2) is 6.07 Å². The third-order valence-corrected chi connectivity index (χ3v) is 4.26. The second-order valence-electron chi connectivity index (χ2n) is 4.83. The quantitative estimate of drug-likeness (QED) is 0.792. The number of aliphatic hydroxyl groups is 1. The van der Waals surface area contributed by atoms with Crippen LogP contribution in [0.1, 0.15) is 33.0 Å². The van der Waals surface area contributed by atoms with Crippen molar-refractivity contribution in [2.24, 2.45) is 0 Å². The van der Waals surface area contributed by atoms with Crippen LogP contribution in [0.2, 0.25) is 0 Å². The second-order valence-corrected chi connectivity index (χ2v) is 5.88. The van der Waals surface area contributed by atoms with Crippen molar-refractivity contribution in [2.45, 2.75) is 19.8 Å². The number of rotatable bonds is 2. The maximum absolute atomic E-state index is 12.5. The van der Waals surface area contributed by atoms with Gasteiger partial charge < -0.3 is 15.3 Å². The normalized spacial score (nSPS) is 15.0. The lowest BCUT2D eigenvalue weighted by Gasteiger charge is -2.17.